The lowest BCUT2D eigenvalue weighted by molar-refractivity contribution is 0.0776. The largest absolute Gasteiger partial charge is 0.485 e. The summed E-state index contributed by atoms with van der Waals surface area (Å²) in [7, 11) is 3.74. The minimum Gasteiger partial charge on any atom is -0.485 e. The summed E-state index contributed by atoms with van der Waals surface area (Å²) in [6.45, 7) is 1.42. The van der Waals surface area contributed by atoms with Gasteiger partial charge in [0.15, 0.2) is 11.5 Å². The van der Waals surface area contributed by atoms with Crippen molar-refractivity contribution in [3.63, 3.8) is 0 Å². The van der Waals surface area contributed by atoms with Crippen molar-refractivity contribution in [1.82, 2.24) is 14.5 Å². The summed E-state index contributed by atoms with van der Waals surface area (Å²) in [4.78, 5) is 19.6. The van der Waals surface area contributed by atoms with E-state index in [9.17, 15) is 4.79 Å². The number of rotatable bonds is 3. The van der Waals surface area contributed by atoms with Crippen molar-refractivity contribution < 1.29 is 14.3 Å². The highest BCUT2D eigenvalue weighted by Crippen LogP contribution is 2.39. The lowest BCUT2D eigenvalue weighted by atomic mass is 10.3. The van der Waals surface area contributed by atoms with Crippen molar-refractivity contribution >= 4 is 28.3 Å². The monoisotopic (exact) mass is 343 g/mol. The minimum atomic E-state index is -0.0844. The van der Waals surface area contributed by atoms with Crippen LogP contribution in [0.15, 0.2) is 29.6 Å². The number of aryl methyl sites for hydroxylation is 1. The molecule has 0 bridgehead atoms. The zero-order chi connectivity index (χ0) is 16.7. The van der Waals surface area contributed by atoms with E-state index >= 15 is 0 Å². The molecular weight excluding hydrogens is 326 g/mol. The number of hydrogen-bond donors (Lipinski definition) is 0. The standard InChI is InChI=1S/C17H17N3O3S/c1-19(9-14-18-11-5-3-4-6-12(11)20(14)2)17(21)16-15-13(10-24-16)22-7-8-23-15/h3-6,10H,7-9H2,1-2H3. The fourth-order valence-electron chi connectivity index (χ4n) is 2.80. The van der Waals surface area contributed by atoms with Crippen LogP contribution >= 0.6 is 11.3 Å². The van der Waals surface area contributed by atoms with Crippen molar-refractivity contribution in [2.24, 2.45) is 7.05 Å². The number of carbonyl (C=O) groups is 1. The van der Waals surface area contributed by atoms with Crippen molar-refractivity contribution in [1.29, 1.82) is 0 Å². The van der Waals surface area contributed by atoms with Crippen LogP contribution < -0.4 is 9.47 Å². The average Bonchev–Trinajstić information content (AvgIpc) is 3.16. The summed E-state index contributed by atoms with van der Waals surface area (Å²) in [5, 5.41) is 1.82. The second-order valence-corrected chi connectivity index (χ2v) is 6.57. The maximum absolute atomic E-state index is 12.8. The molecule has 1 aliphatic rings. The molecule has 0 spiro atoms. The topological polar surface area (TPSA) is 56.6 Å². The van der Waals surface area contributed by atoms with E-state index in [1.165, 1.54) is 11.3 Å². The Hall–Kier alpha value is -2.54. The molecule has 3 aromatic rings. The van der Waals surface area contributed by atoms with Crippen molar-refractivity contribution in [3.05, 3.63) is 40.3 Å². The van der Waals surface area contributed by atoms with Gasteiger partial charge in [0.1, 0.15) is 23.9 Å². The highest BCUT2D eigenvalue weighted by Gasteiger charge is 2.26. The van der Waals surface area contributed by atoms with Gasteiger partial charge < -0.3 is 18.9 Å². The molecule has 4 rings (SSSR count). The number of para-hydroxylation sites is 2. The Kier molecular flexibility index (Phi) is 3.65. The molecule has 1 aromatic carbocycles. The lowest BCUT2D eigenvalue weighted by Crippen LogP contribution is -2.27. The molecule has 124 valence electrons. The summed E-state index contributed by atoms with van der Waals surface area (Å²) in [6, 6.07) is 7.94. The second-order valence-electron chi connectivity index (χ2n) is 5.69. The number of imidazole rings is 1. The number of ether oxygens (including phenoxy) is 2. The summed E-state index contributed by atoms with van der Waals surface area (Å²) in [5.41, 5.74) is 1.99. The van der Waals surface area contributed by atoms with Crippen LogP contribution in [0.1, 0.15) is 15.5 Å². The molecule has 2 aromatic heterocycles. The van der Waals surface area contributed by atoms with Gasteiger partial charge in [-0.2, -0.15) is 0 Å². The smallest absolute Gasteiger partial charge is 0.268 e. The molecule has 1 aliphatic heterocycles. The number of hydrogen-bond acceptors (Lipinski definition) is 5. The van der Waals surface area contributed by atoms with Crippen LogP contribution in [0.5, 0.6) is 11.5 Å². The third-order valence-corrected chi connectivity index (χ3v) is 5.03. The van der Waals surface area contributed by atoms with Crippen molar-refractivity contribution in [2.75, 3.05) is 20.3 Å². The van der Waals surface area contributed by atoms with E-state index in [0.717, 1.165) is 16.9 Å². The van der Waals surface area contributed by atoms with E-state index in [2.05, 4.69) is 4.98 Å². The number of fused-ring (bicyclic) bond motifs is 2. The zero-order valence-corrected chi connectivity index (χ0v) is 14.3. The summed E-state index contributed by atoms with van der Waals surface area (Å²) < 4.78 is 13.1. The van der Waals surface area contributed by atoms with Crippen LogP contribution in [-0.4, -0.2) is 40.6 Å². The molecule has 0 radical (unpaired) electrons. The van der Waals surface area contributed by atoms with Crippen LogP contribution in [0.3, 0.4) is 0 Å². The molecule has 0 saturated heterocycles. The van der Waals surface area contributed by atoms with Gasteiger partial charge in [-0.3, -0.25) is 4.79 Å². The number of thiophene rings is 1. The van der Waals surface area contributed by atoms with Gasteiger partial charge in [0, 0.05) is 19.5 Å². The van der Waals surface area contributed by atoms with Gasteiger partial charge in [-0.1, -0.05) is 12.1 Å². The third kappa shape index (κ3) is 2.41. The molecule has 0 fully saturated rings. The van der Waals surface area contributed by atoms with Crippen molar-refractivity contribution in [2.45, 2.75) is 6.54 Å². The first kappa shape index (κ1) is 15.0. The second kappa shape index (κ2) is 5.83. The molecule has 6 nitrogen and oxygen atoms in total. The van der Waals surface area contributed by atoms with E-state index in [1.807, 2.05) is 41.3 Å². The molecule has 0 atom stereocenters. The predicted molar refractivity (Wildman–Crippen MR) is 91.8 cm³/mol. The summed E-state index contributed by atoms with van der Waals surface area (Å²) >= 11 is 1.35. The Morgan fingerprint density at radius 2 is 2.12 bits per heavy atom. The Bertz CT molecular complexity index is 915. The molecular formula is C17H17N3O3S. The first-order valence-electron chi connectivity index (χ1n) is 7.68. The highest BCUT2D eigenvalue weighted by molar-refractivity contribution is 7.12. The molecule has 1 amide bonds. The lowest BCUT2D eigenvalue weighted by Gasteiger charge is -2.19. The van der Waals surface area contributed by atoms with Gasteiger partial charge in [0.2, 0.25) is 0 Å². The molecule has 0 aliphatic carbocycles. The number of benzene rings is 1. The Labute approximate surface area is 143 Å². The highest BCUT2D eigenvalue weighted by atomic mass is 32.1. The summed E-state index contributed by atoms with van der Waals surface area (Å²) in [5.74, 6) is 1.98. The average molecular weight is 343 g/mol. The van der Waals surface area contributed by atoms with Gasteiger partial charge in [-0.25, -0.2) is 4.98 Å². The van der Waals surface area contributed by atoms with Crippen LogP contribution in [0.2, 0.25) is 0 Å². The maximum Gasteiger partial charge on any atom is 0.268 e. The van der Waals surface area contributed by atoms with E-state index in [0.29, 0.717) is 36.1 Å². The predicted octanol–water partition coefficient (Wildman–Crippen LogP) is 2.68. The summed E-state index contributed by atoms with van der Waals surface area (Å²) in [6.07, 6.45) is 0. The van der Waals surface area contributed by atoms with Gasteiger partial charge in [0.25, 0.3) is 5.91 Å². The first-order chi connectivity index (χ1) is 11.6. The Morgan fingerprint density at radius 3 is 2.96 bits per heavy atom. The van der Waals surface area contributed by atoms with Crippen LogP contribution in [0, 0.1) is 0 Å². The van der Waals surface area contributed by atoms with Gasteiger partial charge in [-0.15, -0.1) is 11.3 Å². The normalized spacial score (nSPS) is 13.2. The minimum absolute atomic E-state index is 0.0844. The maximum atomic E-state index is 12.8. The number of amides is 1. The zero-order valence-electron chi connectivity index (χ0n) is 13.5. The van der Waals surface area contributed by atoms with Gasteiger partial charge >= 0.3 is 0 Å². The number of carbonyl (C=O) groups excluding carboxylic acids is 1. The molecule has 0 saturated carbocycles. The fourth-order valence-corrected chi connectivity index (χ4v) is 3.73. The van der Waals surface area contributed by atoms with Crippen molar-refractivity contribution in [3.8, 4) is 11.5 Å². The van der Waals surface area contributed by atoms with Gasteiger partial charge in [0.05, 0.1) is 17.6 Å². The van der Waals surface area contributed by atoms with E-state index in [-0.39, 0.29) is 5.91 Å². The van der Waals surface area contributed by atoms with E-state index < -0.39 is 0 Å². The SMILES string of the molecule is CN(Cc1nc2ccccc2n1C)C(=O)c1scc2c1OCCO2. The van der Waals surface area contributed by atoms with Gasteiger partial charge in [-0.05, 0) is 12.1 Å². The quantitative estimate of drug-likeness (QED) is 0.734. The van der Waals surface area contributed by atoms with E-state index in [4.69, 9.17) is 9.47 Å². The molecule has 0 N–H and O–H groups in total. The number of aromatic nitrogens is 2. The van der Waals surface area contributed by atoms with Crippen LogP contribution in [-0.2, 0) is 13.6 Å². The first-order valence-corrected chi connectivity index (χ1v) is 8.56. The Balaban J connectivity index is 1.59. The number of nitrogens with zero attached hydrogens (tertiary/aromatic N) is 3. The Morgan fingerprint density at radius 1 is 1.33 bits per heavy atom. The fraction of sp³-hybridized carbons (Fsp3) is 0.294. The molecule has 24 heavy (non-hydrogen) atoms. The molecule has 3 heterocycles. The van der Waals surface area contributed by atoms with Crippen LogP contribution in [0.4, 0.5) is 0 Å². The third-order valence-electron chi connectivity index (χ3n) is 4.10. The van der Waals surface area contributed by atoms with E-state index in [1.54, 1.807) is 11.9 Å². The molecule has 0 unspecified atom stereocenters. The molecule has 7 heteroatoms. The van der Waals surface area contributed by atoms with Crippen LogP contribution in [0.25, 0.3) is 11.0 Å².